The lowest BCUT2D eigenvalue weighted by atomic mass is 10.2. The van der Waals surface area contributed by atoms with Crippen LogP contribution in [0.5, 0.6) is 0 Å². The van der Waals surface area contributed by atoms with Crippen LogP contribution in [0.4, 0.5) is 0 Å². The van der Waals surface area contributed by atoms with Gasteiger partial charge in [-0.2, -0.15) is 5.10 Å². The molecule has 0 atom stereocenters. The monoisotopic (exact) mass is 481 g/mol. The first-order valence-electron chi connectivity index (χ1n) is 10.9. The van der Waals surface area contributed by atoms with Crippen LogP contribution in [0.1, 0.15) is 24.7 Å². The van der Waals surface area contributed by atoms with Crippen LogP contribution in [0.25, 0.3) is 16.7 Å². The fourth-order valence-electron chi connectivity index (χ4n) is 3.70. The van der Waals surface area contributed by atoms with Gasteiger partial charge in [0.05, 0.1) is 21.6 Å². The summed E-state index contributed by atoms with van der Waals surface area (Å²) < 4.78 is 29.8. The summed E-state index contributed by atoms with van der Waals surface area (Å²) in [6, 6.07) is 12.7. The van der Waals surface area contributed by atoms with Gasteiger partial charge in [0.2, 0.25) is 15.9 Å². The number of nitrogens with zero attached hydrogens (tertiary/aromatic N) is 6. The van der Waals surface area contributed by atoms with E-state index in [0.717, 1.165) is 22.6 Å². The summed E-state index contributed by atoms with van der Waals surface area (Å²) in [6.07, 6.45) is 3.84. The molecule has 0 aliphatic carbocycles. The Bertz CT molecular complexity index is 1390. The molecule has 10 nitrogen and oxygen atoms in total. The van der Waals surface area contributed by atoms with Crippen LogP contribution in [0.3, 0.4) is 0 Å². The molecule has 0 aliphatic rings. The van der Waals surface area contributed by atoms with Gasteiger partial charge in [0, 0.05) is 40.0 Å². The molecule has 4 rings (SSSR count). The average molecular weight is 482 g/mol. The summed E-state index contributed by atoms with van der Waals surface area (Å²) in [5, 5.41) is 7.03. The van der Waals surface area contributed by atoms with Gasteiger partial charge in [0.1, 0.15) is 18.5 Å². The van der Waals surface area contributed by atoms with Crippen molar-refractivity contribution in [3.63, 3.8) is 0 Å². The molecule has 1 amide bonds. The predicted octanol–water partition coefficient (Wildman–Crippen LogP) is 2.14. The lowest BCUT2D eigenvalue weighted by Crippen LogP contribution is -2.23. The first kappa shape index (κ1) is 23.6. The van der Waals surface area contributed by atoms with E-state index in [1.807, 2.05) is 35.8 Å². The number of carbonyl (C=O) groups is 1. The Morgan fingerprint density at radius 3 is 2.53 bits per heavy atom. The smallest absolute Gasteiger partial charge is 0.242 e. The Balaban J connectivity index is 1.40. The van der Waals surface area contributed by atoms with E-state index in [0.29, 0.717) is 25.0 Å². The van der Waals surface area contributed by atoms with Gasteiger partial charge in [0.15, 0.2) is 0 Å². The molecule has 0 spiro atoms. The van der Waals surface area contributed by atoms with E-state index in [1.54, 1.807) is 29.2 Å². The van der Waals surface area contributed by atoms with Gasteiger partial charge in [-0.25, -0.2) is 27.4 Å². The zero-order chi connectivity index (χ0) is 24.3. The Morgan fingerprint density at radius 2 is 1.88 bits per heavy atom. The maximum Gasteiger partial charge on any atom is 0.242 e. The van der Waals surface area contributed by atoms with E-state index in [1.165, 1.54) is 24.7 Å². The number of carbonyl (C=O) groups excluding carboxylic acids is 1. The van der Waals surface area contributed by atoms with Crippen molar-refractivity contribution in [1.82, 2.24) is 33.9 Å². The second-order valence-corrected chi connectivity index (χ2v) is 10.1. The Hall–Kier alpha value is -3.57. The fourth-order valence-corrected chi connectivity index (χ4v) is 4.62. The van der Waals surface area contributed by atoms with Crippen molar-refractivity contribution in [3.05, 3.63) is 66.5 Å². The summed E-state index contributed by atoms with van der Waals surface area (Å²) in [7, 11) is -0.543. The van der Waals surface area contributed by atoms with E-state index in [9.17, 15) is 13.2 Å². The first-order chi connectivity index (χ1) is 16.3. The molecule has 11 heteroatoms. The number of nitrogens with one attached hydrogen (secondary N) is 1. The number of hydrogen-bond acceptors (Lipinski definition) is 6. The molecule has 0 fully saturated rings. The summed E-state index contributed by atoms with van der Waals surface area (Å²) in [4.78, 5) is 21.2. The number of aromatic nitrogens is 5. The molecule has 0 saturated heterocycles. The van der Waals surface area contributed by atoms with Gasteiger partial charge in [0.25, 0.3) is 0 Å². The fraction of sp³-hybridized carbons (Fsp3) is 0.304. The van der Waals surface area contributed by atoms with Gasteiger partial charge in [-0.1, -0.05) is 12.1 Å². The summed E-state index contributed by atoms with van der Waals surface area (Å²) in [5.41, 5.74) is 3.33. The standard InChI is InChI=1S/C23H27N7O3S/c1-4-29-21-10-9-19(34(32,33)28(2)3)13-20(21)27-22(29)11-12-23(31)25-14-17-5-7-18(8-6-17)30-16-24-15-26-30/h5-10,13,15-16H,4,11-12,14H2,1-3H3,(H,25,31). The Labute approximate surface area is 198 Å². The van der Waals surface area contributed by atoms with E-state index in [-0.39, 0.29) is 17.2 Å². The van der Waals surface area contributed by atoms with Gasteiger partial charge in [-0.05, 0) is 42.8 Å². The number of imidazole rings is 1. The lowest BCUT2D eigenvalue weighted by Gasteiger charge is -2.11. The predicted molar refractivity (Wildman–Crippen MR) is 128 cm³/mol. The van der Waals surface area contributed by atoms with Crippen LogP contribution in [0, 0.1) is 0 Å². The third-order valence-corrected chi connectivity index (χ3v) is 7.39. The van der Waals surface area contributed by atoms with Crippen molar-refractivity contribution >= 4 is 27.0 Å². The number of sulfonamides is 1. The molecular weight excluding hydrogens is 454 g/mol. The number of benzene rings is 2. The quantitative estimate of drug-likeness (QED) is 0.392. The average Bonchev–Trinajstić information content (AvgIpc) is 3.49. The van der Waals surface area contributed by atoms with Crippen molar-refractivity contribution in [3.8, 4) is 5.69 Å². The minimum absolute atomic E-state index is 0.0778. The zero-order valence-corrected chi connectivity index (χ0v) is 20.2. The number of rotatable bonds is 9. The lowest BCUT2D eigenvalue weighted by molar-refractivity contribution is -0.121. The summed E-state index contributed by atoms with van der Waals surface area (Å²) >= 11 is 0. The highest BCUT2D eigenvalue weighted by Crippen LogP contribution is 2.22. The summed E-state index contributed by atoms with van der Waals surface area (Å²) in [6.45, 7) is 3.09. The zero-order valence-electron chi connectivity index (χ0n) is 19.3. The maximum atomic E-state index is 12.5. The highest BCUT2D eigenvalue weighted by molar-refractivity contribution is 7.89. The van der Waals surface area contributed by atoms with Crippen molar-refractivity contribution in [2.75, 3.05) is 14.1 Å². The molecule has 0 saturated carbocycles. The van der Waals surface area contributed by atoms with Crippen molar-refractivity contribution in [1.29, 1.82) is 0 Å². The molecule has 178 valence electrons. The van der Waals surface area contributed by atoms with Crippen molar-refractivity contribution in [2.24, 2.45) is 0 Å². The second kappa shape index (κ2) is 9.74. The molecule has 0 bridgehead atoms. The van der Waals surface area contributed by atoms with Crippen LogP contribution in [-0.2, 0) is 34.3 Å². The third-order valence-electron chi connectivity index (χ3n) is 5.58. The van der Waals surface area contributed by atoms with Crippen LogP contribution in [0.15, 0.2) is 60.0 Å². The Morgan fingerprint density at radius 1 is 1.12 bits per heavy atom. The minimum atomic E-state index is -3.54. The first-order valence-corrected chi connectivity index (χ1v) is 12.4. The van der Waals surface area contributed by atoms with Gasteiger partial charge in [-0.15, -0.1) is 0 Å². The highest BCUT2D eigenvalue weighted by Gasteiger charge is 2.19. The number of fused-ring (bicyclic) bond motifs is 1. The van der Waals surface area contributed by atoms with Gasteiger partial charge in [-0.3, -0.25) is 4.79 Å². The SMILES string of the molecule is CCn1c(CCC(=O)NCc2ccc(-n3cncn3)cc2)nc2cc(S(=O)(=O)N(C)C)ccc21. The van der Waals surface area contributed by atoms with Crippen LogP contribution in [-0.4, -0.2) is 57.0 Å². The van der Waals surface area contributed by atoms with Crippen LogP contribution >= 0.6 is 0 Å². The second-order valence-electron chi connectivity index (χ2n) is 7.99. The number of aryl methyl sites for hydroxylation is 2. The van der Waals surface area contributed by atoms with Gasteiger partial charge < -0.3 is 9.88 Å². The van der Waals surface area contributed by atoms with E-state index in [4.69, 9.17) is 0 Å². The molecule has 34 heavy (non-hydrogen) atoms. The van der Waals surface area contributed by atoms with E-state index < -0.39 is 10.0 Å². The molecule has 0 radical (unpaired) electrons. The third kappa shape index (κ3) is 4.85. The topological polar surface area (TPSA) is 115 Å². The molecular formula is C23H27N7O3S. The van der Waals surface area contributed by atoms with Crippen LogP contribution < -0.4 is 5.32 Å². The molecule has 2 aromatic carbocycles. The number of hydrogen-bond donors (Lipinski definition) is 1. The normalized spacial score (nSPS) is 11.9. The van der Waals surface area contributed by atoms with Crippen LogP contribution in [0.2, 0.25) is 0 Å². The minimum Gasteiger partial charge on any atom is -0.352 e. The van der Waals surface area contributed by atoms with E-state index >= 15 is 0 Å². The molecule has 2 heterocycles. The summed E-state index contributed by atoms with van der Waals surface area (Å²) in [5.74, 6) is 0.676. The molecule has 4 aromatic rings. The molecule has 1 N–H and O–H groups in total. The molecule has 0 unspecified atom stereocenters. The Kier molecular flexibility index (Phi) is 6.75. The van der Waals surface area contributed by atoms with E-state index in [2.05, 4.69) is 20.4 Å². The number of amides is 1. The largest absolute Gasteiger partial charge is 0.352 e. The molecule has 0 aliphatic heterocycles. The highest BCUT2D eigenvalue weighted by atomic mass is 32.2. The molecule has 2 aromatic heterocycles. The van der Waals surface area contributed by atoms with Crippen molar-refractivity contribution in [2.45, 2.75) is 37.8 Å². The van der Waals surface area contributed by atoms with Gasteiger partial charge >= 0.3 is 0 Å². The maximum absolute atomic E-state index is 12.5. The van der Waals surface area contributed by atoms with Crippen molar-refractivity contribution < 1.29 is 13.2 Å².